The molecule has 1 fully saturated rings. The smallest absolute Gasteiger partial charge is 0.0737 e. The molecular formula is C11H19NO. The van der Waals surface area contributed by atoms with Crippen LogP contribution in [0.25, 0.3) is 0 Å². The summed E-state index contributed by atoms with van der Waals surface area (Å²) in [6, 6.07) is 1.28. The molecule has 2 aliphatic heterocycles. The van der Waals surface area contributed by atoms with Crippen LogP contribution >= 0.6 is 0 Å². The van der Waals surface area contributed by atoms with E-state index in [0.717, 1.165) is 12.5 Å². The van der Waals surface area contributed by atoms with Gasteiger partial charge in [-0.05, 0) is 45.2 Å². The summed E-state index contributed by atoms with van der Waals surface area (Å²) in [5.41, 5.74) is 1.25. The van der Waals surface area contributed by atoms with E-state index >= 15 is 0 Å². The fourth-order valence-electron chi connectivity index (χ4n) is 2.79. The highest BCUT2D eigenvalue weighted by molar-refractivity contribution is 5.19. The summed E-state index contributed by atoms with van der Waals surface area (Å²) in [4.78, 5) is 2.45. The molecule has 2 aliphatic rings. The van der Waals surface area contributed by atoms with Gasteiger partial charge in [0.2, 0.25) is 0 Å². The minimum Gasteiger partial charge on any atom is -0.389 e. The number of aliphatic hydroxyl groups excluding tert-OH is 1. The predicted molar refractivity (Wildman–Crippen MR) is 53.6 cm³/mol. The summed E-state index contributed by atoms with van der Waals surface area (Å²) in [5.74, 6) is 0. The van der Waals surface area contributed by atoms with Gasteiger partial charge in [-0.25, -0.2) is 0 Å². The van der Waals surface area contributed by atoms with Crippen LogP contribution in [0.4, 0.5) is 0 Å². The third-order valence-corrected chi connectivity index (χ3v) is 3.59. The fourth-order valence-corrected chi connectivity index (χ4v) is 2.79. The summed E-state index contributed by atoms with van der Waals surface area (Å²) in [6.45, 7) is 1.89. The minimum absolute atomic E-state index is 0.260. The lowest BCUT2D eigenvalue weighted by Gasteiger charge is -2.26. The van der Waals surface area contributed by atoms with Crippen molar-refractivity contribution < 1.29 is 5.11 Å². The third-order valence-electron chi connectivity index (χ3n) is 3.59. The second kappa shape index (κ2) is 3.43. The topological polar surface area (TPSA) is 23.5 Å². The van der Waals surface area contributed by atoms with Crippen molar-refractivity contribution in [3.05, 3.63) is 11.6 Å². The van der Waals surface area contributed by atoms with E-state index in [1.165, 1.54) is 24.8 Å². The molecule has 1 N–H and O–H groups in total. The van der Waals surface area contributed by atoms with Crippen LogP contribution < -0.4 is 0 Å². The molecule has 0 saturated carbocycles. The Morgan fingerprint density at radius 2 is 2.23 bits per heavy atom. The zero-order chi connectivity index (χ0) is 9.42. The quantitative estimate of drug-likeness (QED) is 0.620. The molecule has 2 bridgehead atoms. The molecule has 13 heavy (non-hydrogen) atoms. The Bertz CT molecular complexity index is 222. The molecule has 0 amide bonds. The summed E-state index contributed by atoms with van der Waals surface area (Å²) < 4.78 is 0. The van der Waals surface area contributed by atoms with E-state index in [2.05, 4.69) is 18.0 Å². The highest BCUT2D eigenvalue weighted by atomic mass is 16.3. The van der Waals surface area contributed by atoms with E-state index in [9.17, 15) is 5.11 Å². The maximum atomic E-state index is 9.64. The van der Waals surface area contributed by atoms with Crippen molar-refractivity contribution in [3.63, 3.8) is 0 Å². The first-order valence-electron chi connectivity index (χ1n) is 5.30. The minimum atomic E-state index is -0.260. The second-order valence-corrected chi connectivity index (χ2v) is 4.37. The van der Waals surface area contributed by atoms with Gasteiger partial charge < -0.3 is 5.11 Å². The Kier molecular flexibility index (Phi) is 2.43. The monoisotopic (exact) mass is 181 g/mol. The molecule has 2 heteroatoms. The summed E-state index contributed by atoms with van der Waals surface area (Å²) in [7, 11) is 2.20. The number of fused-ring (bicyclic) bond motifs is 2. The SMILES string of the molecule is CC(O)C1=CCCC2CCC1N2C. The molecule has 0 spiro atoms. The zero-order valence-corrected chi connectivity index (χ0v) is 8.53. The first-order valence-corrected chi connectivity index (χ1v) is 5.30. The van der Waals surface area contributed by atoms with Crippen molar-refractivity contribution in [1.82, 2.24) is 4.90 Å². The lowest BCUT2D eigenvalue weighted by atomic mass is 9.96. The molecule has 0 aromatic heterocycles. The van der Waals surface area contributed by atoms with Gasteiger partial charge >= 0.3 is 0 Å². The van der Waals surface area contributed by atoms with Crippen molar-refractivity contribution in [1.29, 1.82) is 0 Å². The van der Waals surface area contributed by atoms with Crippen molar-refractivity contribution in [2.45, 2.75) is 50.8 Å². The largest absolute Gasteiger partial charge is 0.389 e. The number of rotatable bonds is 1. The number of aliphatic hydroxyl groups is 1. The Morgan fingerprint density at radius 1 is 1.46 bits per heavy atom. The van der Waals surface area contributed by atoms with Gasteiger partial charge in [0.1, 0.15) is 0 Å². The standard InChI is InChI=1S/C11H19NO/c1-8(13)10-5-3-4-9-6-7-11(10)12(9)2/h5,8-9,11,13H,3-4,6-7H2,1-2H3. The van der Waals surface area contributed by atoms with E-state index in [0.29, 0.717) is 6.04 Å². The number of hydrogen-bond acceptors (Lipinski definition) is 2. The molecule has 3 atom stereocenters. The maximum absolute atomic E-state index is 9.64. The van der Waals surface area contributed by atoms with Crippen LogP contribution in [-0.4, -0.2) is 35.2 Å². The number of allylic oxidation sites excluding steroid dienone is 1. The van der Waals surface area contributed by atoms with Crippen molar-refractivity contribution >= 4 is 0 Å². The van der Waals surface area contributed by atoms with Gasteiger partial charge in [0, 0.05) is 12.1 Å². The van der Waals surface area contributed by atoms with Gasteiger partial charge in [0.05, 0.1) is 6.10 Å². The molecule has 74 valence electrons. The highest BCUT2D eigenvalue weighted by Gasteiger charge is 2.35. The van der Waals surface area contributed by atoms with E-state index in [1.807, 2.05) is 6.92 Å². The number of hydrogen-bond donors (Lipinski definition) is 1. The van der Waals surface area contributed by atoms with Crippen LogP contribution in [0.3, 0.4) is 0 Å². The van der Waals surface area contributed by atoms with E-state index < -0.39 is 0 Å². The van der Waals surface area contributed by atoms with Gasteiger partial charge in [-0.2, -0.15) is 0 Å². The van der Waals surface area contributed by atoms with Crippen LogP contribution in [0.1, 0.15) is 32.6 Å². The average molecular weight is 181 g/mol. The summed E-state index contributed by atoms with van der Waals surface area (Å²) in [6.07, 6.45) is 6.95. The van der Waals surface area contributed by atoms with Crippen LogP contribution in [0.5, 0.6) is 0 Å². The summed E-state index contributed by atoms with van der Waals surface area (Å²) >= 11 is 0. The molecule has 3 unspecified atom stereocenters. The second-order valence-electron chi connectivity index (χ2n) is 4.37. The molecule has 0 radical (unpaired) electrons. The van der Waals surface area contributed by atoms with Crippen LogP contribution in [0.15, 0.2) is 11.6 Å². The lowest BCUT2D eigenvalue weighted by molar-refractivity contribution is 0.192. The van der Waals surface area contributed by atoms with Crippen molar-refractivity contribution in [2.75, 3.05) is 7.05 Å². The molecule has 2 heterocycles. The summed E-state index contributed by atoms with van der Waals surface area (Å²) in [5, 5.41) is 9.64. The van der Waals surface area contributed by atoms with Gasteiger partial charge in [-0.15, -0.1) is 0 Å². The maximum Gasteiger partial charge on any atom is 0.0737 e. The Balaban J connectivity index is 2.22. The van der Waals surface area contributed by atoms with Gasteiger partial charge in [0.15, 0.2) is 0 Å². The predicted octanol–water partition coefficient (Wildman–Crippen LogP) is 1.55. The van der Waals surface area contributed by atoms with Crippen molar-refractivity contribution in [3.8, 4) is 0 Å². The number of likely N-dealkylation sites (N-methyl/N-ethyl adjacent to an activating group) is 1. The van der Waals surface area contributed by atoms with Crippen LogP contribution in [0, 0.1) is 0 Å². The molecule has 0 aliphatic carbocycles. The zero-order valence-electron chi connectivity index (χ0n) is 8.53. The molecule has 0 aromatic rings. The Hall–Kier alpha value is -0.340. The Labute approximate surface area is 80.2 Å². The third kappa shape index (κ3) is 1.53. The normalized spacial score (nSPS) is 37.0. The first-order chi connectivity index (χ1) is 6.20. The molecule has 2 nitrogen and oxygen atoms in total. The first kappa shape index (κ1) is 9.22. The fraction of sp³-hybridized carbons (Fsp3) is 0.818. The van der Waals surface area contributed by atoms with E-state index in [1.54, 1.807) is 0 Å². The highest BCUT2D eigenvalue weighted by Crippen LogP contribution is 2.34. The van der Waals surface area contributed by atoms with Gasteiger partial charge in [-0.3, -0.25) is 4.90 Å². The van der Waals surface area contributed by atoms with Gasteiger partial charge in [0.25, 0.3) is 0 Å². The molecule has 0 aromatic carbocycles. The Morgan fingerprint density at radius 3 is 2.92 bits per heavy atom. The average Bonchev–Trinajstić information content (AvgIpc) is 2.26. The molecule has 1 saturated heterocycles. The van der Waals surface area contributed by atoms with Crippen LogP contribution in [-0.2, 0) is 0 Å². The van der Waals surface area contributed by atoms with E-state index in [-0.39, 0.29) is 6.10 Å². The molecule has 2 rings (SSSR count). The number of nitrogens with zero attached hydrogens (tertiary/aromatic N) is 1. The van der Waals surface area contributed by atoms with Crippen LogP contribution in [0.2, 0.25) is 0 Å². The van der Waals surface area contributed by atoms with E-state index in [4.69, 9.17) is 0 Å². The molecular weight excluding hydrogens is 162 g/mol. The van der Waals surface area contributed by atoms with Gasteiger partial charge in [-0.1, -0.05) is 6.08 Å². The lowest BCUT2D eigenvalue weighted by Crippen LogP contribution is -2.34. The van der Waals surface area contributed by atoms with Crippen molar-refractivity contribution in [2.24, 2.45) is 0 Å².